The van der Waals surface area contributed by atoms with Crippen LogP contribution < -0.4 is 9.47 Å². The van der Waals surface area contributed by atoms with E-state index in [4.69, 9.17) is 9.47 Å². The molecule has 0 bridgehead atoms. The molecule has 0 radical (unpaired) electrons. The third kappa shape index (κ3) is 3.94. The summed E-state index contributed by atoms with van der Waals surface area (Å²) in [6.45, 7) is 1.11. The van der Waals surface area contributed by atoms with Crippen molar-refractivity contribution in [1.29, 1.82) is 0 Å². The fraction of sp³-hybridized carbons (Fsp3) is 0.529. The predicted octanol–water partition coefficient (Wildman–Crippen LogP) is 1.18. The summed E-state index contributed by atoms with van der Waals surface area (Å²) < 4.78 is 10.5. The van der Waals surface area contributed by atoms with E-state index in [0.717, 1.165) is 12.0 Å². The number of likely N-dealkylation sites (tertiary alicyclic amines) is 1. The van der Waals surface area contributed by atoms with Crippen molar-refractivity contribution in [3.63, 3.8) is 0 Å². The summed E-state index contributed by atoms with van der Waals surface area (Å²) in [4.78, 5) is 27.4. The summed E-state index contributed by atoms with van der Waals surface area (Å²) in [7, 11) is 6.64. The van der Waals surface area contributed by atoms with Gasteiger partial charge in [-0.2, -0.15) is 0 Å². The molecule has 2 rings (SSSR count). The van der Waals surface area contributed by atoms with Gasteiger partial charge in [0.25, 0.3) is 0 Å². The first kappa shape index (κ1) is 17.1. The zero-order chi connectivity index (χ0) is 17.0. The van der Waals surface area contributed by atoms with Gasteiger partial charge in [-0.15, -0.1) is 0 Å². The number of benzene rings is 1. The third-order valence-corrected chi connectivity index (χ3v) is 4.12. The summed E-state index contributed by atoms with van der Waals surface area (Å²) in [5.41, 5.74) is 1.07. The Balaban J connectivity index is 1.96. The molecule has 126 valence electrons. The van der Waals surface area contributed by atoms with Crippen molar-refractivity contribution in [3.05, 3.63) is 23.8 Å². The number of hydrogen-bond acceptors (Lipinski definition) is 4. The summed E-state index contributed by atoms with van der Waals surface area (Å²) in [5.74, 6) is 1.21. The summed E-state index contributed by atoms with van der Waals surface area (Å²) >= 11 is 0. The van der Waals surface area contributed by atoms with E-state index < -0.39 is 0 Å². The lowest BCUT2D eigenvalue weighted by molar-refractivity contribution is -0.133. The van der Waals surface area contributed by atoms with Gasteiger partial charge in [0.2, 0.25) is 11.8 Å². The Hall–Kier alpha value is -2.24. The summed E-state index contributed by atoms with van der Waals surface area (Å²) in [6.07, 6.45) is 1.03. The van der Waals surface area contributed by atoms with Gasteiger partial charge in [-0.3, -0.25) is 9.59 Å². The van der Waals surface area contributed by atoms with Gasteiger partial charge >= 0.3 is 0 Å². The minimum atomic E-state index is -0.220. The van der Waals surface area contributed by atoms with E-state index in [1.165, 1.54) is 0 Å². The van der Waals surface area contributed by atoms with E-state index in [9.17, 15) is 9.59 Å². The van der Waals surface area contributed by atoms with E-state index in [2.05, 4.69) is 0 Å². The molecule has 0 unspecified atom stereocenters. The molecule has 0 aromatic heterocycles. The first-order chi connectivity index (χ1) is 11.0. The number of hydrogen-bond donors (Lipinski definition) is 0. The van der Waals surface area contributed by atoms with Crippen LogP contribution in [0.2, 0.25) is 0 Å². The second-order valence-electron chi connectivity index (χ2n) is 5.91. The minimum Gasteiger partial charge on any atom is -0.493 e. The number of amides is 2. The van der Waals surface area contributed by atoms with Gasteiger partial charge in [0.15, 0.2) is 11.5 Å². The van der Waals surface area contributed by atoms with Crippen LogP contribution in [-0.4, -0.2) is 63.0 Å². The van der Waals surface area contributed by atoms with Crippen molar-refractivity contribution in [1.82, 2.24) is 9.80 Å². The van der Waals surface area contributed by atoms with Crippen molar-refractivity contribution in [2.75, 3.05) is 41.4 Å². The standard InChI is InChI=1S/C17H24N2O4/c1-18(2)17(21)13-10-16(20)19(11-13)8-7-12-5-6-14(22-3)15(9-12)23-4/h5-6,9,13H,7-8,10-11H2,1-4H3/t13-/m0/s1. The number of nitrogens with zero attached hydrogens (tertiary/aromatic N) is 2. The molecular formula is C17H24N2O4. The number of methoxy groups -OCH3 is 2. The maximum Gasteiger partial charge on any atom is 0.227 e. The lowest BCUT2D eigenvalue weighted by atomic mass is 10.1. The molecule has 1 fully saturated rings. The monoisotopic (exact) mass is 320 g/mol. The Kier molecular flexibility index (Phi) is 5.47. The van der Waals surface area contributed by atoms with Crippen molar-refractivity contribution < 1.29 is 19.1 Å². The van der Waals surface area contributed by atoms with Crippen LogP contribution in [0.4, 0.5) is 0 Å². The SMILES string of the molecule is COc1ccc(CCN2C[C@@H](C(=O)N(C)C)CC2=O)cc1OC. The van der Waals surface area contributed by atoms with Gasteiger partial charge in [0, 0.05) is 33.6 Å². The van der Waals surface area contributed by atoms with Gasteiger partial charge in [-0.1, -0.05) is 6.07 Å². The lowest BCUT2D eigenvalue weighted by Crippen LogP contribution is -2.32. The summed E-state index contributed by atoms with van der Waals surface area (Å²) in [5, 5.41) is 0. The smallest absolute Gasteiger partial charge is 0.227 e. The zero-order valence-corrected chi connectivity index (χ0v) is 14.2. The average molecular weight is 320 g/mol. The van der Waals surface area contributed by atoms with E-state index in [0.29, 0.717) is 31.0 Å². The molecule has 1 aromatic carbocycles. The molecule has 6 heteroatoms. The van der Waals surface area contributed by atoms with Crippen LogP contribution in [0.5, 0.6) is 11.5 Å². The first-order valence-corrected chi connectivity index (χ1v) is 7.66. The predicted molar refractivity (Wildman–Crippen MR) is 86.6 cm³/mol. The van der Waals surface area contributed by atoms with Gasteiger partial charge in [0.05, 0.1) is 20.1 Å². The molecule has 0 spiro atoms. The van der Waals surface area contributed by atoms with Crippen molar-refractivity contribution in [3.8, 4) is 11.5 Å². The minimum absolute atomic E-state index is 0.0203. The first-order valence-electron chi connectivity index (χ1n) is 7.66. The lowest BCUT2D eigenvalue weighted by Gasteiger charge is -2.18. The van der Waals surface area contributed by atoms with Crippen LogP contribution in [0, 0.1) is 5.92 Å². The van der Waals surface area contributed by atoms with Gasteiger partial charge in [-0.25, -0.2) is 0 Å². The van der Waals surface area contributed by atoms with Crippen molar-refractivity contribution >= 4 is 11.8 Å². The Labute approximate surface area is 137 Å². The molecule has 2 amide bonds. The van der Waals surface area contributed by atoms with Gasteiger partial charge in [0.1, 0.15) is 0 Å². The highest BCUT2D eigenvalue weighted by atomic mass is 16.5. The van der Waals surface area contributed by atoms with Crippen molar-refractivity contribution in [2.45, 2.75) is 12.8 Å². The Morgan fingerprint density at radius 3 is 2.57 bits per heavy atom. The Morgan fingerprint density at radius 1 is 1.26 bits per heavy atom. The molecule has 0 N–H and O–H groups in total. The van der Waals surface area contributed by atoms with Crippen LogP contribution in [0.25, 0.3) is 0 Å². The normalized spacial score (nSPS) is 17.3. The van der Waals surface area contributed by atoms with Crippen LogP contribution in [0.15, 0.2) is 18.2 Å². The van der Waals surface area contributed by atoms with E-state index in [-0.39, 0.29) is 17.7 Å². The molecule has 1 aliphatic heterocycles. The molecular weight excluding hydrogens is 296 g/mol. The van der Waals surface area contributed by atoms with Crippen molar-refractivity contribution in [2.24, 2.45) is 5.92 Å². The Morgan fingerprint density at radius 2 is 1.96 bits per heavy atom. The molecule has 0 saturated carbocycles. The highest BCUT2D eigenvalue weighted by Gasteiger charge is 2.34. The molecule has 6 nitrogen and oxygen atoms in total. The van der Waals surface area contributed by atoms with Gasteiger partial charge in [-0.05, 0) is 24.1 Å². The largest absolute Gasteiger partial charge is 0.493 e. The van der Waals surface area contributed by atoms with Crippen LogP contribution >= 0.6 is 0 Å². The zero-order valence-electron chi connectivity index (χ0n) is 14.2. The molecule has 1 atom stereocenters. The molecule has 1 heterocycles. The number of carbonyl (C=O) groups excluding carboxylic acids is 2. The van der Waals surface area contributed by atoms with Crippen LogP contribution in [-0.2, 0) is 16.0 Å². The maximum atomic E-state index is 12.1. The quantitative estimate of drug-likeness (QED) is 0.790. The fourth-order valence-electron chi connectivity index (χ4n) is 2.82. The molecule has 0 aliphatic carbocycles. The van der Waals surface area contributed by atoms with Crippen LogP contribution in [0.3, 0.4) is 0 Å². The number of rotatable bonds is 6. The molecule has 23 heavy (non-hydrogen) atoms. The van der Waals surface area contributed by atoms with Crippen LogP contribution in [0.1, 0.15) is 12.0 Å². The molecule has 1 aliphatic rings. The topological polar surface area (TPSA) is 59.1 Å². The van der Waals surface area contributed by atoms with E-state index in [1.807, 2.05) is 18.2 Å². The molecule has 1 saturated heterocycles. The number of carbonyl (C=O) groups is 2. The number of ether oxygens (including phenoxy) is 2. The summed E-state index contributed by atoms with van der Waals surface area (Å²) in [6, 6.07) is 5.74. The average Bonchev–Trinajstić information content (AvgIpc) is 2.92. The highest BCUT2D eigenvalue weighted by Crippen LogP contribution is 2.28. The van der Waals surface area contributed by atoms with E-state index >= 15 is 0 Å². The van der Waals surface area contributed by atoms with Gasteiger partial charge < -0.3 is 19.3 Å². The van der Waals surface area contributed by atoms with E-state index in [1.54, 1.807) is 38.1 Å². The Bertz CT molecular complexity index is 586. The second kappa shape index (κ2) is 7.35. The third-order valence-electron chi connectivity index (χ3n) is 4.12. The second-order valence-corrected chi connectivity index (χ2v) is 5.91. The molecule has 1 aromatic rings. The fourth-order valence-corrected chi connectivity index (χ4v) is 2.82. The highest BCUT2D eigenvalue weighted by molar-refractivity contribution is 5.89. The maximum absolute atomic E-state index is 12.1.